The molecule has 0 saturated carbocycles. The van der Waals surface area contributed by atoms with Gasteiger partial charge in [-0.3, -0.25) is 14.9 Å². The molecule has 4 aromatic rings. The highest BCUT2D eigenvalue weighted by Crippen LogP contribution is 2.29. The molecule has 1 aliphatic rings. The molecule has 206 valence electrons. The standard InChI is InChI=1S/C32H24Cl2N2O5/c1-20-5-7-21(8-6-20)18-40-26-12-10-25(11-13-26)36-31(38)27(30(37)35-32(36)39)16-22-9-14-29(28(34)17-22)41-19-23-3-2-4-24(33)15-23/h2-17H,18-19H2,1H3,(H,35,37,39)/b27-16+. The fourth-order valence-corrected chi connectivity index (χ4v) is 4.57. The first kappa shape index (κ1) is 28.0. The molecule has 0 radical (unpaired) electrons. The number of hydrogen-bond donors (Lipinski definition) is 1. The van der Waals surface area contributed by atoms with Crippen LogP contribution in [-0.2, 0) is 22.8 Å². The Morgan fingerprint density at radius 3 is 2.24 bits per heavy atom. The van der Waals surface area contributed by atoms with E-state index in [2.05, 4.69) is 5.32 Å². The van der Waals surface area contributed by atoms with Gasteiger partial charge in [-0.05, 0) is 78.2 Å². The average Bonchev–Trinajstić information content (AvgIpc) is 2.95. The minimum atomic E-state index is -0.840. The van der Waals surface area contributed by atoms with Crippen molar-refractivity contribution in [2.45, 2.75) is 20.1 Å². The van der Waals surface area contributed by atoms with Crippen LogP contribution in [0.25, 0.3) is 6.08 Å². The van der Waals surface area contributed by atoms with Crippen LogP contribution in [0, 0.1) is 6.92 Å². The van der Waals surface area contributed by atoms with Gasteiger partial charge in [0.15, 0.2) is 0 Å². The van der Waals surface area contributed by atoms with Crippen LogP contribution in [0.5, 0.6) is 11.5 Å². The Kier molecular flexibility index (Phi) is 8.38. The third-order valence-electron chi connectivity index (χ3n) is 6.27. The predicted molar refractivity (Wildman–Crippen MR) is 158 cm³/mol. The zero-order valence-corrected chi connectivity index (χ0v) is 23.4. The first-order chi connectivity index (χ1) is 19.8. The van der Waals surface area contributed by atoms with Crippen molar-refractivity contribution in [3.63, 3.8) is 0 Å². The quantitative estimate of drug-likeness (QED) is 0.175. The summed E-state index contributed by atoms with van der Waals surface area (Å²) in [6.45, 7) is 2.65. The number of benzene rings is 4. The summed E-state index contributed by atoms with van der Waals surface area (Å²) < 4.78 is 11.6. The van der Waals surface area contributed by atoms with Crippen molar-refractivity contribution < 1.29 is 23.9 Å². The van der Waals surface area contributed by atoms with Crippen LogP contribution < -0.4 is 19.7 Å². The van der Waals surface area contributed by atoms with Gasteiger partial charge in [0.2, 0.25) is 0 Å². The number of hydrogen-bond acceptors (Lipinski definition) is 5. The number of barbiturate groups is 1. The number of urea groups is 1. The maximum absolute atomic E-state index is 13.3. The van der Waals surface area contributed by atoms with Gasteiger partial charge in [-0.25, -0.2) is 9.69 Å². The molecule has 41 heavy (non-hydrogen) atoms. The molecule has 0 bridgehead atoms. The lowest BCUT2D eigenvalue weighted by molar-refractivity contribution is -0.122. The molecule has 7 nitrogen and oxygen atoms in total. The summed E-state index contributed by atoms with van der Waals surface area (Å²) in [7, 11) is 0. The van der Waals surface area contributed by atoms with E-state index in [1.165, 1.54) is 6.08 Å². The molecule has 5 rings (SSSR count). The highest BCUT2D eigenvalue weighted by atomic mass is 35.5. The number of imide groups is 2. The molecule has 1 aliphatic heterocycles. The van der Waals surface area contributed by atoms with E-state index in [-0.39, 0.29) is 17.9 Å². The molecular formula is C32H24Cl2N2O5. The SMILES string of the molecule is Cc1ccc(COc2ccc(N3C(=O)NC(=O)/C(=C\c4ccc(OCc5cccc(Cl)c5)c(Cl)c4)C3=O)cc2)cc1. The molecule has 0 atom stereocenters. The number of rotatable bonds is 8. The average molecular weight is 587 g/mol. The van der Waals surface area contributed by atoms with E-state index >= 15 is 0 Å². The number of amides is 4. The van der Waals surface area contributed by atoms with Crippen LogP contribution in [0.2, 0.25) is 10.0 Å². The van der Waals surface area contributed by atoms with Crippen molar-refractivity contribution in [1.29, 1.82) is 0 Å². The number of nitrogens with one attached hydrogen (secondary N) is 1. The van der Waals surface area contributed by atoms with Crippen molar-refractivity contribution in [3.8, 4) is 11.5 Å². The Morgan fingerprint density at radius 1 is 0.805 bits per heavy atom. The summed E-state index contributed by atoms with van der Waals surface area (Å²) in [5, 5.41) is 3.11. The zero-order chi connectivity index (χ0) is 28.9. The van der Waals surface area contributed by atoms with Gasteiger partial charge in [-0.2, -0.15) is 0 Å². The molecule has 1 saturated heterocycles. The molecular weight excluding hydrogens is 563 g/mol. The Bertz CT molecular complexity index is 1650. The zero-order valence-electron chi connectivity index (χ0n) is 21.9. The monoisotopic (exact) mass is 586 g/mol. The predicted octanol–water partition coefficient (Wildman–Crippen LogP) is 7.13. The Balaban J connectivity index is 1.29. The maximum atomic E-state index is 13.3. The van der Waals surface area contributed by atoms with E-state index in [9.17, 15) is 14.4 Å². The van der Waals surface area contributed by atoms with Gasteiger partial charge in [0.25, 0.3) is 11.8 Å². The van der Waals surface area contributed by atoms with Crippen molar-refractivity contribution in [2.75, 3.05) is 4.90 Å². The smallest absolute Gasteiger partial charge is 0.335 e. The van der Waals surface area contributed by atoms with Gasteiger partial charge in [0.1, 0.15) is 30.3 Å². The Hall–Kier alpha value is -4.59. The second kappa shape index (κ2) is 12.3. The number of aryl methyl sites for hydroxylation is 1. The molecule has 0 unspecified atom stereocenters. The van der Waals surface area contributed by atoms with Gasteiger partial charge in [0, 0.05) is 5.02 Å². The van der Waals surface area contributed by atoms with Crippen LogP contribution in [0.1, 0.15) is 22.3 Å². The summed E-state index contributed by atoms with van der Waals surface area (Å²) in [5.41, 5.74) is 3.61. The molecule has 9 heteroatoms. The lowest BCUT2D eigenvalue weighted by Gasteiger charge is -2.26. The number of carbonyl (C=O) groups excluding carboxylic acids is 3. The van der Waals surface area contributed by atoms with Crippen LogP contribution >= 0.6 is 23.2 Å². The molecule has 4 amide bonds. The minimum absolute atomic E-state index is 0.215. The van der Waals surface area contributed by atoms with Crippen molar-refractivity contribution in [3.05, 3.63) is 129 Å². The molecule has 1 heterocycles. The van der Waals surface area contributed by atoms with E-state index in [0.29, 0.717) is 33.7 Å². The summed E-state index contributed by atoms with van der Waals surface area (Å²) in [6, 6.07) is 25.8. The number of nitrogens with zero attached hydrogens (tertiary/aromatic N) is 1. The van der Waals surface area contributed by atoms with Gasteiger partial charge in [0.05, 0.1) is 10.7 Å². The van der Waals surface area contributed by atoms with Gasteiger partial charge in [-0.1, -0.05) is 71.2 Å². The number of ether oxygens (including phenoxy) is 2. The van der Waals surface area contributed by atoms with Crippen LogP contribution in [0.3, 0.4) is 0 Å². The fourth-order valence-electron chi connectivity index (χ4n) is 4.11. The largest absolute Gasteiger partial charge is 0.489 e. The summed E-state index contributed by atoms with van der Waals surface area (Å²) in [4.78, 5) is 39.4. The van der Waals surface area contributed by atoms with E-state index < -0.39 is 17.8 Å². The Morgan fingerprint density at radius 2 is 1.54 bits per heavy atom. The number of anilines is 1. The second-order valence-corrected chi connectivity index (χ2v) is 10.2. The highest BCUT2D eigenvalue weighted by Gasteiger charge is 2.36. The minimum Gasteiger partial charge on any atom is -0.489 e. The summed E-state index contributed by atoms with van der Waals surface area (Å²) >= 11 is 12.4. The first-order valence-electron chi connectivity index (χ1n) is 12.6. The van der Waals surface area contributed by atoms with Crippen molar-refractivity contribution in [2.24, 2.45) is 0 Å². The van der Waals surface area contributed by atoms with Gasteiger partial charge in [-0.15, -0.1) is 0 Å². The summed E-state index contributed by atoms with van der Waals surface area (Å²) in [5.74, 6) is -0.566. The van der Waals surface area contributed by atoms with Crippen molar-refractivity contribution in [1.82, 2.24) is 5.32 Å². The Labute approximate surface area is 246 Å². The topological polar surface area (TPSA) is 84.9 Å². The molecule has 4 aromatic carbocycles. The van der Waals surface area contributed by atoms with Gasteiger partial charge >= 0.3 is 6.03 Å². The van der Waals surface area contributed by atoms with Crippen LogP contribution in [0.4, 0.5) is 10.5 Å². The van der Waals surface area contributed by atoms with Gasteiger partial charge < -0.3 is 9.47 Å². The lowest BCUT2D eigenvalue weighted by Crippen LogP contribution is -2.54. The second-order valence-electron chi connectivity index (χ2n) is 9.33. The molecule has 1 N–H and O–H groups in total. The number of carbonyl (C=O) groups is 3. The molecule has 0 aromatic heterocycles. The molecule has 0 spiro atoms. The van der Waals surface area contributed by atoms with Crippen LogP contribution in [-0.4, -0.2) is 17.8 Å². The third kappa shape index (κ3) is 6.77. The molecule has 0 aliphatic carbocycles. The van der Waals surface area contributed by atoms with Crippen LogP contribution in [0.15, 0.2) is 96.6 Å². The normalized spacial score (nSPS) is 14.3. The lowest BCUT2D eigenvalue weighted by atomic mass is 10.1. The van der Waals surface area contributed by atoms with Crippen molar-refractivity contribution >= 4 is 52.8 Å². The molecule has 1 fully saturated rings. The number of halogens is 2. The van der Waals surface area contributed by atoms with E-state index in [1.54, 1.807) is 54.6 Å². The van der Waals surface area contributed by atoms with E-state index in [4.69, 9.17) is 32.7 Å². The van der Waals surface area contributed by atoms with E-state index in [0.717, 1.165) is 21.6 Å². The van der Waals surface area contributed by atoms with E-state index in [1.807, 2.05) is 43.3 Å². The first-order valence-corrected chi connectivity index (χ1v) is 13.4. The maximum Gasteiger partial charge on any atom is 0.335 e. The summed E-state index contributed by atoms with van der Waals surface area (Å²) in [6.07, 6.45) is 1.38. The third-order valence-corrected chi connectivity index (χ3v) is 6.80. The highest BCUT2D eigenvalue weighted by molar-refractivity contribution is 6.39. The fraction of sp³-hybridized carbons (Fsp3) is 0.0938.